The molecule has 0 bridgehead atoms. The minimum absolute atomic E-state index is 0.163. The molecule has 0 spiro atoms. The topological polar surface area (TPSA) is 12.0 Å². The molecule has 0 aromatic heterocycles. The van der Waals surface area contributed by atoms with Crippen molar-refractivity contribution < 1.29 is 4.39 Å². The van der Waals surface area contributed by atoms with Crippen molar-refractivity contribution in [2.24, 2.45) is 5.92 Å². The lowest BCUT2D eigenvalue weighted by molar-refractivity contribution is 0.518. The molecule has 1 rings (SSSR count). The van der Waals surface area contributed by atoms with Gasteiger partial charge in [0.2, 0.25) is 0 Å². The highest BCUT2D eigenvalue weighted by molar-refractivity contribution is 9.10. The fourth-order valence-electron chi connectivity index (χ4n) is 1.54. The summed E-state index contributed by atoms with van der Waals surface area (Å²) in [6, 6.07) is 4.85. The summed E-state index contributed by atoms with van der Waals surface area (Å²) in [6.07, 6.45) is 0.894. The molecule has 0 aliphatic rings. The highest BCUT2D eigenvalue weighted by atomic mass is 79.9. The Balaban J connectivity index is 2.59. The molecule has 84 valence electrons. The third kappa shape index (κ3) is 4.31. The summed E-state index contributed by atoms with van der Waals surface area (Å²) >= 11 is 3.44. The molecule has 0 amide bonds. The Morgan fingerprint density at radius 1 is 1.47 bits per heavy atom. The minimum Gasteiger partial charge on any atom is -0.317 e. The van der Waals surface area contributed by atoms with Crippen molar-refractivity contribution in [3.63, 3.8) is 0 Å². The lowest BCUT2D eigenvalue weighted by atomic mass is 10.0. The molecule has 1 aromatic rings. The van der Waals surface area contributed by atoms with Gasteiger partial charge in [-0.3, -0.25) is 0 Å². The average Bonchev–Trinajstić information content (AvgIpc) is 2.20. The predicted molar refractivity (Wildman–Crippen MR) is 65.5 cm³/mol. The summed E-state index contributed by atoms with van der Waals surface area (Å²) in [5, 5.41) is 3.29. The molecule has 1 atom stereocenters. The molecule has 0 fully saturated rings. The second kappa shape index (κ2) is 6.23. The van der Waals surface area contributed by atoms with Gasteiger partial charge in [0, 0.05) is 4.47 Å². The van der Waals surface area contributed by atoms with E-state index in [4.69, 9.17) is 0 Å². The van der Waals surface area contributed by atoms with Crippen LogP contribution in [0.3, 0.4) is 0 Å². The van der Waals surface area contributed by atoms with Gasteiger partial charge in [-0.15, -0.1) is 0 Å². The van der Waals surface area contributed by atoms with Gasteiger partial charge in [-0.05, 0) is 49.2 Å². The van der Waals surface area contributed by atoms with Crippen LogP contribution < -0.4 is 5.32 Å². The van der Waals surface area contributed by atoms with Crippen LogP contribution in [0.4, 0.5) is 4.39 Å². The van der Waals surface area contributed by atoms with Crippen molar-refractivity contribution in [1.82, 2.24) is 5.32 Å². The molecule has 1 unspecified atom stereocenters. The van der Waals surface area contributed by atoms with E-state index < -0.39 is 0 Å². The maximum absolute atomic E-state index is 13.0. The standard InChI is InChI=1S/C12H17BrFN/c1-3-15-8-9(2)6-10-7-11(14)4-5-12(10)13/h4-5,7,9,15H,3,6,8H2,1-2H3. The van der Waals surface area contributed by atoms with Gasteiger partial charge >= 0.3 is 0 Å². The molecule has 0 radical (unpaired) electrons. The largest absolute Gasteiger partial charge is 0.317 e. The van der Waals surface area contributed by atoms with E-state index in [-0.39, 0.29) is 5.82 Å². The first-order valence-corrected chi connectivity index (χ1v) is 6.07. The zero-order valence-corrected chi connectivity index (χ0v) is 10.8. The van der Waals surface area contributed by atoms with E-state index in [1.807, 2.05) is 0 Å². The Hall–Kier alpha value is -0.410. The van der Waals surface area contributed by atoms with Crippen molar-refractivity contribution >= 4 is 15.9 Å². The molecular weight excluding hydrogens is 257 g/mol. The van der Waals surface area contributed by atoms with Crippen molar-refractivity contribution in [2.75, 3.05) is 13.1 Å². The van der Waals surface area contributed by atoms with Crippen LogP contribution in [0.5, 0.6) is 0 Å². The van der Waals surface area contributed by atoms with Crippen LogP contribution in [-0.2, 0) is 6.42 Å². The molecule has 0 aliphatic heterocycles. The Labute approximate surface area is 99.2 Å². The third-order valence-electron chi connectivity index (χ3n) is 2.32. The smallest absolute Gasteiger partial charge is 0.123 e. The molecule has 0 aliphatic carbocycles. The maximum atomic E-state index is 13.0. The van der Waals surface area contributed by atoms with E-state index in [0.717, 1.165) is 29.5 Å². The van der Waals surface area contributed by atoms with E-state index in [1.54, 1.807) is 12.1 Å². The molecule has 1 N–H and O–H groups in total. The monoisotopic (exact) mass is 273 g/mol. The molecule has 0 saturated carbocycles. The Morgan fingerprint density at radius 2 is 2.20 bits per heavy atom. The van der Waals surface area contributed by atoms with Gasteiger partial charge < -0.3 is 5.32 Å². The number of halogens is 2. The molecule has 0 saturated heterocycles. The van der Waals surface area contributed by atoms with Crippen molar-refractivity contribution in [3.05, 3.63) is 34.1 Å². The van der Waals surface area contributed by atoms with Crippen LogP contribution in [0.15, 0.2) is 22.7 Å². The SMILES string of the molecule is CCNCC(C)Cc1cc(F)ccc1Br. The van der Waals surface area contributed by atoms with Crippen LogP contribution >= 0.6 is 15.9 Å². The Bertz CT molecular complexity index is 314. The fraction of sp³-hybridized carbons (Fsp3) is 0.500. The second-order valence-electron chi connectivity index (χ2n) is 3.85. The average molecular weight is 274 g/mol. The molecule has 1 aromatic carbocycles. The summed E-state index contributed by atoms with van der Waals surface area (Å²) < 4.78 is 14.0. The predicted octanol–water partition coefficient (Wildman–Crippen LogP) is 3.38. The summed E-state index contributed by atoms with van der Waals surface area (Å²) in [4.78, 5) is 0. The van der Waals surface area contributed by atoms with E-state index in [0.29, 0.717) is 5.92 Å². The zero-order valence-electron chi connectivity index (χ0n) is 9.19. The summed E-state index contributed by atoms with van der Waals surface area (Å²) in [5.74, 6) is 0.354. The lowest BCUT2D eigenvalue weighted by Crippen LogP contribution is -2.22. The van der Waals surface area contributed by atoms with Crippen LogP contribution in [-0.4, -0.2) is 13.1 Å². The summed E-state index contributed by atoms with van der Waals surface area (Å²) in [7, 11) is 0. The lowest BCUT2D eigenvalue weighted by Gasteiger charge is -2.13. The van der Waals surface area contributed by atoms with Crippen LogP contribution in [0.25, 0.3) is 0 Å². The van der Waals surface area contributed by atoms with Crippen LogP contribution in [0.1, 0.15) is 19.4 Å². The first kappa shape index (κ1) is 12.7. The number of benzene rings is 1. The maximum Gasteiger partial charge on any atom is 0.123 e. The van der Waals surface area contributed by atoms with Crippen molar-refractivity contribution in [2.45, 2.75) is 20.3 Å². The number of nitrogens with one attached hydrogen (secondary N) is 1. The Morgan fingerprint density at radius 3 is 2.87 bits per heavy atom. The number of rotatable bonds is 5. The summed E-state index contributed by atoms with van der Waals surface area (Å²) in [5.41, 5.74) is 1.04. The van der Waals surface area contributed by atoms with Crippen LogP contribution in [0.2, 0.25) is 0 Å². The van der Waals surface area contributed by atoms with Gasteiger partial charge in [-0.1, -0.05) is 29.8 Å². The zero-order chi connectivity index (χ0) is 11.3. The van der Waals surface area contributed by atoms with Gasteiger partial charge in [-0.2, -0.15) is 0 Å². The molecular formula is C12H17BrFN. The quantitative estimate of drug-likeness (QED) is 0.868. The van der Waals surface area contributed by atoms with Gasteiger partial charge in [0.05, 0.1) is 0 Å². The third-order valence-corrected chi connectivity index (χ3v) is 3.09. The van der Waals surface area contributed by atoms with E-state index in [1.165, 1.54) is 6.07 Å². The van der Waals surface area contributed by atoms with Crippen molar-refractivity contribution in [3.8, 4) is 0 Å². The molecule has 3 heteroatoms. The van der Waals surface area contributed by atoms with Gasteiger partial charge in [-0.25, -0.2) is 4.39 Å². The van der Waals surface area contributed by atoms with Gasteiger partial charge in [0.15, 0.2) is 0 Å². The van der Waals surface area contributed by atoms with Gasteiger partial charge in [0.25, 0.3) is 0 Å². The van der Waals surface area contributed by atoms with Crippen molar-refractivity contribution in [1.29, 1.82) is 0 Å². The van der Waals surface area contributed by atoms with E-state index in [9.17, 15) is 4.39 Å². The summed E-state index contributed by atoms with van der Waals surface area (Å²) in [6.45, 7) is 6.21. The van der Waals surface area contributed by atoms with E-state index in [2.05, 4.69) is 35.1 Å². The fourth-order valence-corrected chi connectivity index (χ4v) is 1.95. The first-order chi connectivity index (χ1) is 7.13. The minimum atomic E-state index is -0.163. The highest BCUT2D eigenvalue weighted by Crippen LogP contribution is 2.20. The number of hydrogen-bond acceptors (Lipinski definition) is 1. The van der Waals surface area contributed by atoms with Crippen LogP contribution in [0, 0.1) is 11.7 Å². The van der Waals surface area contributed by atoms with Gasteiger partial charge in [0.1, 0.15) is 5.82 Å². The first-order valence-electron chi connectivity index (χ1n) is 5.28. The highest BCUT2D eigenvalue weighted by Gasteiger charge is 2.07. The van der Waals surface area contributed by atoms with E-state index >= 15 is 0 Å². The number of hydrogen-bond donors (Lipinski definition) is 1. The second-order valence-corrected chi connectivity index (χ2v) is 4.71. The molecule has 0 heterocycles. The Kier molecular flexibility index (Phi) is 5.26. The normalized spacial score (nSPS) is 12.8. The molecule has 1 nitrogen and oxygen atoms in total. The molecule has 15 heavy (non-hydrogen) atoms.